The van der Waals surface area contributed by atoms with Crippen molar-refractivity contribution in [2.24, 2.45) is 0 Å². The molecule has 0 N–H and O–H groups in total. The summed E-state index contributed by atoms with van der Waals surface area (Å²) >= 11 is 5.99. The predicted molar refractivity (Wildman–Crippen MR) is 71.6 cm³/mol. The minimum atomic E-state index is -4.46. The lowest BCUT2D eigenvalue weighted by molar-refractivity contribution is -0.154. The lowest BCUT2D eigenvalue weighted by atomic mass is 10.1. The van der Waals surface area contributed by atoms with Gasteiger partial charge in [-0.25, -0.2) is 9.97 Å². The summed E-state index contributed by atoms with van der Waals surface area (Å²) in [4.78, 5) is 7.72. The van der Waals surface area contributed by atoms with E-state index in [0.717, 1.165) is 0 Å². The molecule has 0 spiro atoms. The molecule has 0 radical (unpaired) electrons. The third-order valence-corrected chi connectivity index (χ3v) is 3.09. The van der Waals surface area contributed by atoms with Gasteiger partial charge in [0.05, 0.1) is 5.39 Å². The number of rotatable bonds is 3. The van der Waals surface area contributed by atoms with E-state index in [2.05, 4.69) is 19.9 Å². The standard InChI is InChI=1S/C13H7ClF3N3O2/c14-11-9(4-18-6-19-11)7-2-1-3-8-10(7)22-20-12(8)21-5-13(15,16)17/h1-4,6H,5H2. The summed E-state index contributed by atoms with van der Waals surface area (Å²) in [5.74, 6) is -0.234. The van der Waals surface area contributed by atoms with Gasteiger partial charge < -0.3 is 9.26 Å². The molecule has 0 atom stereocenters. The van der Waals surface area contributed by atoms with Gasteiger partial charge in [-0.2, -0.15) is 13.2 Å². The Morgan fingerprint density at radius 2 is 2.05 bits per heavy atom. The fourth-order valence-corrected chi connectivity index (χ4v) is 2.10. The van der Waals surface area contributed by atoms with Crippen LogP contribution >= 0.6 is 11.6 Å². The molecule has 2 heterocycles. The van der Waals surface area contributed by atoms with Crippen LogP contribution in [0.1, 0.15) is 0 Å². The number of aromatic nitrogens is 3. The molecule has 9 heteroatoms. The van der Waals surface area contributed by atoms with Crippen LogP contribution in [-0.2, 0) is 0 Å². The quantitative estimate of drug-likeness (QED) is 0.682. The molecular formula is C13H7ClF3N3O2. The highest BCUT2D eigenvalue weighted by atomic mass is 35.5. The molecule has 1 aromatic carbocycles. The lowest BCUT2D eigenvalue weighted by Gasteiger charge is -2.06. The zero-order valence-electron chi connectivity index (χ0n) is 10.8. The zero-order valence-corrected chi connectivity index (χ0v) is 11.5. The number of fused-ring (bicyclic) bond motifs is 1. The molecule has 2 aromatic heterocycles. The summed E-state index contributed by atoms with van der Waals surface area (Å²) in [6.07, 6.45) is -1.70. The first-order chi connectivity index (χ1) is 10.5. The monoisotopic (exact) mass is 329 g/mol. The van der Waals surface area contributed by atoms with Crippen LogP contribution in [0.25, 0.3) is 22.1 Å². The van der Waals surface area contributed by atoms with Gasteiger partial charge in [0.15, 0.2) is 12.2 Å². The number of hydrogen-bond acceptors (Lipinski definition) is 5. The normalized spacial score (nSPS) is 11.8. The van der Waals surface area contributed by atoms with Gasteiger partial charge in [0.2, 0.25) is 0 Å². The Morgan fingerprint density at radius 1 is 1.23 bits per heavy atom. The van der Waals surface area contributed by atoms with Crippen molar-refractivity contribution in [1.29, 1.82) is 0 Å². The number of ether oxygens (including phenoxy) is 1. The van der Waals surface area contributed by atoms with Gasteiger partial charge in [-0.3, -0.25) is 0 Å². The van der Waals surface area contributed by atoms with Crippen LogP contribution in [0.15, 0.2) is 35.2 Å². The summed E-state index contributed by atoms with van der Waals surface area (Å²) < 4.78 is 46.4. The van der Waals surface area contributed by atoms with E-state index in [0.29, 0.717) is 16.5 Å². The van der Waals surface area contributed by atoms with Crippen molar-refractivity contribution in [1.82, 2.24) is 15.1 Å². The Kier molecular flexibility index (Phi) is 3.61. The Morgan fingerprint density at radius 3 is 2.77 bits per heavy atom. The number of hydrogen-bond donors (Lipinski definition) is 0. The van der Waals surface area contributed by atoms with Gasteiger partial charge in [0, 0.05) is 17.3 Å². The van der Waals surface area contributed by atoms with Crippen LogP contribution in [0.4, 0.5) is 13.2 Å². The average Bonchev–Trinajstić information content (AvgIpc) is 2.88. The summed E-state index contributed by atoms with van der Waals surface area (Å²) in [7, 11) is 0. The fraction of sp³-hybridized carbons (Fsp3) is 0.154. The average molecular weight is 330 g/mol. The van der Waals surface area contributed by atoms with Crippen molar-refractivity contribution in [3.8, 4) is 17.0 Å². The second-order valence-electron chi connectivity index (χ2n) is 4.30. The summed E-state index contributed by atoms with van der Waals surface area (Å²) in [6.45, 7) is -1.45. The fourth-order valence-electron chi connectivity index (χ4n) is 1.90. The van der Waals surface area contributed by atoms with Crippen LogP contribution in [0.5, 0.6) is 5.88 Å². The molecule has 0 aliphatic heterocycles. The number of para-hydroxylation sites is 1. The maximum Gasteiger partial charge on any atom is 0.422 e. The van der Waals surface area contributed by atoms with Gasteiger partial charge in [0.25, 0.3) is 5.88 Å². The third-order valence-electron chi connectivity index (χ3n) is 2.79. The molecule has 0 aliphatic carbocycles. The maximum absolute atomic E-state index is 12.2. The molecule has 3 rings (SSSR count). The van der Waals surface area contributed by atoms with Gasteiger partial charge in [-0.1, -0.05) is 23.7 Å². The molecule has 0 saturated heterocycles. The van der Waals surface area contributed by atoms with Gasteiger partial charge in [-0.15, -0.1) is 0 Å². The number of nitrogens with zero attached hydrogens (tertiary/aromatic N) is 3. The number of benzene rings is 1. The van der Waals surface area contributed by atoms with Crippen molar-refractivity contribution >= 4 is 22.6 Å². The highest BCUT2D eigenvalue weighted by Gasteiger charge is 2.29. The molecule has 5 nitrogen and oxygen atoms in total. The topological polar surface area (TPSA) is 61.0 Å². The van der Waals surface area contributed by atoms with Crippen LogP contribution in [0.3, 0.4) is 0 Å². The van der Waals surface area contributed by atoms with Crippen LogP contribution in [-0.4, -0.2) is 27.9 Å². The molecule has 0 bridgehead atoms. The molecule has 0 aliphatic rings. The second-order valence-corrected chi connectivity index (χ2v) is 4.66. The Balaban J connectivity index is 2.05. The first kappa shape index (κ1) is 14.6. The van der Waals surface area contributed by atoms with E-state index < -0.39 is 12.8 Å². The molecule has 22 heavy (non-hydrogen) atoms. The van der Waals surface area contributed by atoms with Crippen molar-refractivity contribution < 1.29 is 22.4 Å². The summed E-state index contributed by atoms with van der Waals surface area (Å²) in [5.41, 5.74) is 1.24. The smallest absolute Gasteiger partial charge is 0.422 e. The molecule has 0 saturated carbocycles. The first-order valence-corrected chi connectivity index (χ1v) is 6.37. The molecule has 114 valence electrons. The number of alkyl halides is 3. The first-order valence-electron chi connectivity index (χ1n) is 5.99. The maximum atomic E-state index is 12.2. The molecule has 0 amide bonds. The van der Waals surface area contributed by atoms with Gasteiger partial charge in [-0.05, 0) is 11.2 Å². The minimum Gasteiger partial charge on any atom is -0.465 e. The van der Waals surface area contributed by atoms with E-state index in [9.17, 15) is 13.2 Å². The van der Waals surface area contributed by atoms with E-state index in [-0.39, 0.29) is 16.6 Å². The Bertz CT molecular complexity index is 820. The second kappa shape index (κ2) is 5.45. The minimum absolute atomic E-state index is 0.191. The lowest BCUT2D eigenvalue weighted by Crippen LogP contribution is -2.19. The molecule has 3 aromatic rings. The molecular weight excluding hydrogens is 323 g/mol. The third kappa shape index (κ3) is 2.82. The van der Waals surface area contributed by atoms with Crippen molar-refractivity contribution in [3.05, 3.63) is 35.9 Å². The summed E-state index contributed by atoms with van der Waals surface area (Å²) in [6, 6.07) is 4.84. The Hall–Kier alpha value is -2.35. The predicted octanol–water partition coefficient (Wildman–Crippen LogP) is 3.88. The van der Waals surface area contributed by atoms with Crippen molar-refractivity contribution in [2.75, 3.05) is 6.61 Å². The van der Waals surface area contributed by atoms with Crippen LogP contribution in [0.2, 0.25) is 5.15 Å². The zero-order chi connectivity index (χ0) is 15.7. The molecule has 0 fully saturated rings. The highest BCUT2D eigenvalue weighted by molar-refractivity contribution is 6.32. The summed E-state index contributed by atoms with van der Waals surface area (Å²) in [5, 5.41) is 4.03. The number of halogens is 4. The van der Waals surface area contributed by atoms with E-state index in [1.54, 1.807) is 18.2 Å². The van der Waals surface area contributed by atoms with E-state index in [1.807, 2.05) is 0 Å². The van der Waals surface area contributed by atoms with Crippen LogP contribution < -0.4 is 4.74 Å². The van der Waals surface area contributed by atoms with Crippen LogP contribution in [0, 0.1) is 0 Å². The van der Waals surface area contributed by atoms with Gasteiger partial charge in [0.1, 0.15) is 11.5 Å². The SMILES string of the molecule is FC(F)(F)COc1noc2c(-c3cncnc3Cl)cccc12. The Labute approximate surface area is 126 Å². The van der Waals surface area contributed by atoms with Gasteiger partial charge >= 0.3 is 6.18 Å². The molecule has 0 unspecified atom stereocenters. The largest absolute Gasteiger partial charge is 0.465 e. The van der Waals surface area contributed by atoms with E-state index in [4.69, 9.17) is 16.1 Å². The van der Waals surface area contributed by atoms with Crippen molar-refractivity contribution in [3.63, 3.8) is 0 Å². The van der Waals surface area contributed by atoms with Crippen molar-refractivity contribution in [2.45, 2.75) is 6.18 Å². The van der Waals surface area contributed by atoms with E-state index in [1.165, 1.54) is 12.5 Å². The highest BCUT2D eigenvalue weighted by Crippen LogP contribution is 2.35. The van der Waals surface area contributed by atoms with E-state index >= 15 is 0 Å².